The predicted octanol–water partition coefficient (Wildman–Crippen LogP) is 2.59. The highest BCUT2D eigenvalue weighted by molar-refractivity contribution is 6.02. The highest BCUT2D eigenvalue weighted by Crippen LogP contribution is 2.11. The summed E-state index contributed by atoms with van der Waals surface area (Å²) in [4.78, 5) is 22.6. The van der Waals surface area contributed by atoms with Gasteiger partial charge in [-0.1, -0.05) is 32.4 Å². The number of carbonyl (C=O) groups excluding carboxylic acids is 1. The van der Waals surface area contributed by atoms with Gasteiger partial charge in [-0.2, -0.15) is 0 Å². The Morgan fingerprint density at radius 2 is 1.88 bits per heavy atom. The van der Waals surface area contributed by atoms with E-state index in [4.69, 9.17) is 9.84 Å². The lowest BCUT2D eigenvalue weighted by molar-refractivity contribution is 0.0439. The molecule has 0 fully saturated rings. The van der Waals surface area contributed by atoms with Gasteiger partial charge in [-0.15, -0.1) is 0 Å². The Morgan fingerprint density at radius 1 is 1.29 bits per heavy atom. The first-order chi connectivity index (χ1) is 8.06. The van der Waals surface area contributed by atoms with Gasteiger partial charge in [0.15, 0.2) is 0 Å². The fourth-order valence-corrected chi connectivity index (χ4v) is 1.26. The molecule has 1 aromatic rings. The molecule has 1 atom stereocenters. The van der Waals surface area contributed by atoms with E-state index < -0.39 is 11.9 Å². The van der Waals surface area contributed by atoms with E-state index in [0.717, 1.165) is 6.42 Å². The van der Waals surface area contributed by atoms with Crippen molar-refractivity contribution in [3.05, 3.63) is 35.4 Å². The minimum Gasteiger partial charge on any atom is -0.478 e. The van der Waals surface area contributed by atoms with Crippen molar-refractivity contribution in [1.82, 2.24) is 0 Å². The smallest absolute Gasteiger partial charge is 0.339 e. The van der Waals surface area contributed by atoms with Crippen molar-refractivity contribution >= 4 is 11.9 Å². The van der Waals surface area contributed by atoms with Crippen molar-refractivity contribution < 1.29 is 19.4 Å². The monoisotopic (exact) mass is 236 g/mol. The summed E-state index contributed by atoms with van der Waals surface area (Å²) in [6, 6.07) is 6.05. The van der Waals surface area contributed by atoms with Gasteiger partial charge in [-0.25, -0.2) is 9.59 Å². The van der Waals surface area contributed by atoms with Gasteiger partial charge in [-0.05, 0) is 18.1 Å². The standard InChI is InChI=1S/C13H16O4/c1-3-9(2)8-17-13(16)11-7-5-4-6-10(11)12(14)15/h4-7,9H,3,8H2,1-2H3,(H,14,15)/t9-/m0/s1. The lowest BCUT2D eigenvalue weighted by Gasteiger charge is -2.10. The molecule has 0 aliphatic heterocycles. The molecule has 0 spiro atoms. The summed E-state index contributed by atoms with van der Waals surface area (Å²) in [5.74, 6) is -1.43. The fourth-order valence-electron chi connectivity index (χ4n) is 1.26. The number of carboxylic acid groups (broad SMARTS) is 1. The molecule has 1 rings (SSSR count). The van der Waals surface area contributed by atoms with E-state index in [1.165, 1.54) is 12.1 Å². The molecule has 0 saturated carbocycles. The molecule has 0 aromatic heterocycles. The zero-order chi connectivity index (χ0) is 12.8. The number of hydrogen-bond donors (Lipinski definition) is 1. The van der Waals surface area contributed by atoms with Gasteiger partial charge in [0.25, 0.3) is 0 Å². The number of rotatable bonds is 5. The largest absolute Gasteiger partial charge is 0.478 e. The molecule has 4 heteroatoms. The Bertz CT molecular complexity index is 412. The molecule has 0 saturated heterocycles. The van der Waals surface area contributed by atoms with Crippen molar-refractivity contribution in [2.45, 2.75) is 20.3 Å². The third kappa shape index (κ3) is 3.59. The summed E-state index contributed by atoms with van der Waals surface area (Å²) < 4.78 is 5.07. The second-order valence-electron chi connectivity index (χ2n) is 3.96. The number of ether oxygens (including phenoxy) is 1. The van der Waals surface area contributed by atoms with Crippen molar-refractivity contribution in [2.24, 2.45) is 5.92 Å². The van der Waals surface area contributed by atoms with Crippen LogP contribution in [0.4, 0.5) is 0 Å². The summed E-state index contributed by atoms with van der Waals surface area (Å²) >= 11 is 0. The minimum atomic E-state index is -1.12. The first kappa shape index (κ1) is 13.2. The molecule has 0 amide bonds. The number of benzene rings is 1. The van der Waals surface area contributed by atoms with E-state index in [1.54, 1.807) is 12.1 Å². The lowest BCUT2D eigenvalue weighted by atomic mass is 10.1. The van der Waals surface area contributed by atoms with Gasteiger partial charge < -0.3 is 9.84 Å². The highest BCUT2D eigenvalue weighted by Gasteiger charge is 2.17. The van der Waals surface area contributed by atoms with Crippen LogP contribution in [0.1, 0.15) is 41.0 Å². The first-order valence-electron chi connectivity index (χ1n) is 5.55. The normalized spacial score (nSPS) is 11.9. The summed E-state index contributed by atoms with van der Waals surface area (Å²) in [5.41, 5.74) is 0.0740. The van der Waals surface area contributed by atoms with Crippen molar-refractivity contribution in [1.29, 1.82) is 0 Å². The molecule has 1 N–H and O–H groups in total. The molecule has 0 bridgehead atoms. The lowest BCUT2D eigenvalue weighted by Crippen LogP contribution is -2.15. The topological polar surface area (TPSA) is 63.6 Å². The molecule has 17 heavy (non-hydrogen) atoms. The predicted molar refractivity (Wildman–Crippen MR) is 63.1 cm³/mol. The van der Waals surface area contributed by atoms with Crippen LogP contribution in [-0.4, -0.2) is 23.7 Å². The molecule has 0 aliphatic rings. The van der Waals surface area contributed by atoms with Crippen LogP contribution in [0.15, 0.2) is 24.3 Å². The maximum absolute atomic E-state index is 11.7. The number of carboxylic acids is 1. The van der Waals surface area contributed by atoms with Gasteiger partial charge in [0.2, 0.25) is 0 Å². The van der Waals surface area contributed by atoms with Gasteiger partial charge in [-0.3, -0.25) is 0 Å². The SMILES string of the molecule is CC[C@H](C)COC(=O)c1ccccc1C(=O)O. The van der Waals surface area contributed by atoms with E-state index in [0.29, 0.717) is 6.61 Å². The molecular weight excluding hydrogens is 220 g/mol. The average Bonchev–Trinajstić information content (AvgIpc) is 2.35. The van der Waals surface area contributed by atoms with Crippen LogP contribution in [0.3, 0.4) is 0 Å². The molecule has 0 heterocycles. The van der Waals surface area contributed by atoms with Gasteiger partial charge in [0, 0.05) is 0 Å². The quantitative estimate of drug-likeness (QED) is 0.798. The van der Waals surface area contributed by atoms with Crippen LogP contribution in [0.25, 0.3) is 0 Å². The summed E-state index contributed by atoms with van der Waals surface area (Å²) in [7, 11) is 0. The minimum absolute atomic E-state index is 0.0262. The van der Waals surface area contributed by atoms with Crippen LogP contribution in [0.5, 0.6) is 0 Å². The number of hydrogen-bond acceptors (Lipinski definition) is 3. The van der Waals surface area contributed by atoms with Crippen molar-refractivity contribution in [3.63, 3.8) is 0 Å². The van der Waals surface area contributed by atoms with Crippen LogP contribution < -0.4 is 0 Å². The van der Waals surface area contributed by atoms with Crippen LogP contribution in [0.2, 0.25) is 0 Å². The molecular formula is C13H16O4. The van der Waals surface area contributed by atoms with E-state index in [-0.39, 0.29) is 17.0 Å². The highest BCUT2D eigenvalue weighted by atomic mass is 16.5. The fraction of sp³-hybridized carbons (Fsp3) is 0.385. The average molecular weight is 236 g/mol. The van der Waals surface area contributed by atoms with Crippen LogP contribution >= 0.6 is 0 Å². The number of aromatic carboxylic acids is 1. The third-order valence-electron chi connectivity index (χ3n) is 2.57. The zero-order valence-corrected chi connectivity index (χ0v) is 9.97. The van der Waals surface area contributed by atoms with Crippen LogP contribution in [0, 0.1) is 5.92 Å². The maximum Gasteiger partial charge on any atom is 0.339 e. The summed E-state index contributed by atoms with van der Waals surface area (Å²) in [6.45, 7) is 4.28. The van der Waals surface area contributed by atoms with Gasteiger partial charge in [0.1, 0.15) is 0 Å². The Morgan fingerprint density at radius 3 is 2.41 bits per heavy atom. The number of esters is 1. The summed E-state index contributed by atoms with van der Waals surface area (Å²) in [5, 5.41) is 8.93. The second kappa shape index (κ2) is 6.03. The van der Waals surface area contributed by atoms with E-state index in [2.05, 4.69) is 0 Å². The second-order valence-corrected chi connectivity index (χ2v) is 3.96. The Balaban J connectivity index is 2.78. The molecule has 4 nitrogen and oxygen atoms in total. The third-order valence-corrected chi connectivity index (χ3v) is 2.57. The van der Waals surface area contributed by atoms with Crippen molar-refractivity contribution in [2.75, 3.05) is 6.61 Å². The number of carbonyl (C=O) groups is 2. The van der Waals surface area contributed by atoms with E-state index in [1.807, 2.05) is 13.8 Å². The maximum atomic E-state index is 11.7. The molecule has 92 valence electrons. The Hall–Kier alpha value is -1.84. The molecule has 0 aliphatic carbocycles. The zero-order valence-electron chi connectivity index (χ0n) is 9.97. The molecule has 0 radical (unpaired) electrons. The van der Waals surface area contributed by atoms with Crippen molar-refractivity contribution in [3.8, 4) is 0 Å². The molecule has 0 unspecified atom stereocenters. The van der Waals surface area contributed by atoms with Crippen LogP contribution in [-0.2, 0) is 4.74 Å². The summed E-state index contributed by atoms with van der Waals surface area (Å²) in [6.07, 6.45) is 0.911. The molecule has 1 aromatic carbocycles. The Kier molecular flexibility index (Phi) is 4.69. The van der Waals surface area contributed by atoms with E-state index >= 15 is 0 Å². The first-order valence-corrected chi connectivity index (χ1v) is 5.55. The van der Waals surface area contributed by atoms with Gasteiger partial charge >= 0.3 is 11.9 Å². The Labute approximate surface area is 100 Å². The van der Waals surface area contributed by atoms with Gasteiger partial charge in [0.05, 0.1) is 17.7 Å². The van der Waals surface area contributed by atoms with E-state index in [9.17, 15) is 9.59 Å².